The summed E-state index contributed by atoms with van der Waals surface area (Å²) in [5, 5.41) is 28.9. The normalized spacial score (nSPS) is 29.5. The maximum Gasteiger partial charge on any atom is 0.330 e. The highest BCUT2D eigenvalue weighted by Gasteiger charge is 2.57. The number of aromatic hydroxyl groups is 2. The molecule has 2 aliphatic carbocycles. The SMILES string of the molecule is C=C1CC[C@H]2[C@@](C)(CCC[C@]2(C)C(=O)O)[C@@H]1CC[C@H](C)CCOC(=O)/C=C/c1ccc(O)c(O)c1. The predicted molar refractivity (Wildman–Crippen MR) is 136 cm³/mol. The Balaban J connectivity index is 1.49. The van der Waals surface area contributed by atoms with E-state index < -0.39 is 17.4 Å². The highest BCUT2D eigenvalue weighted by atomic mass is 16.5. The van der Waals surface area contributed by atoms with Gasteiger partial charge in [-0.2, -0.15) is 0 Å². The lowest BCUT2D eigenvalue weighted by Crippen LogP contribution is -2.53. The monoisotopic (exact) mass is 484 g/mol. The van der Waals surface area contributed by atoms with E-state index in [2.05, 4.69) is 20.4 Å². The molecule has 6 heteroatoms. The first-order valence-corrected chi connectivity index (χ1v) is 12.7. The molecule has 0 aromatic heterocycles. The van der Waals surface area contributed by atoms with Crippen LogP contribution in [-0.2, 0) is 14.3 Å². The van der Waals surface area contributed by atoms with Crippen LogP contribution in [0.25, 0.3) is 6.08 Å². The summed E-state index contributed by atoms with van der Waals surface area (Å²) < 4.78 is 5.34. The number of carbonyl (C=O) groups excluding carboxylic acids is 1. The molecule has 0 radical (unpaired) electrons. The van der Waals surface area contributed by atoms with Crippen molar-refractivity contribution in [2.45, 2.75) is 72.1 Å². The molecule has 6 nitrogen and oxygen atoms in total. The van der Waals surface area contributed by atoms with E-state index >= 15 is 0 Å². The molecule has 192 valence electrons. The molecule has 3 N–H and O–H groups in total. The van der Waals surface area contributed by atoms with E-state index in [4.69, 9.17) is 4.74 Å². The number of phenolic OH excluding ortho intramolecular Hbond substituents is 2. The smallest absolute Gasteiger partial charge is 0.330 e. The van der Waals surface area contributed by atoms with Crippen LogP contribution in [0.1, 0.15) is 77.7 Å². The van der Waals surface area contributed by atoms with Crippen molar-refractivity contribution in [3.63, 3.8) is 0 Å². The van der Waals surface area contributed by atoms with Gasteiger partial charge >= 0.3 is 11.9 Å². The second-order valence-electron chi connectivity index (χ2n) is 11.1. The number of esters is 1. The van der Waals surface area contributed by atoms with E-state index in [-0.39, 0.29) is 22.8 Å². The van der Waals surface area contributed by atoms with Crippen molar-refractivity contribution in [2.75, 3.05) is 6.61 Å². The summed E-state index contributed by atoms with van der Waals surface area (Å²) in [5.74, 6) is -0.685. The summed E-state index contributed by atoms with van der Waals surface area (Å²) in [6, 6.07) is 4.33. The minimum atomic E-state index is -0.661. The Labute approximate surface area is 208 Å². The molecule has 5 atom stereocenters. The van der Waals surface area contributed by atoms with Crippen LogP contribution in [0.4, 0.5) is 0 Å². The molecule has 0 aliphatic heterocycles. The Bertz CT molecular complexity index is 981. The Morgan fingerprint density at radius 3 is 2.63 bits per heavy atom. The van der Waals surface area contributed by atoms with E-state index in [0.717, 1.165) is 51.4 Å². The van der Waals surface area contributed by atoms with Crippen LogP contribution in [0, 0.1) is 28.6 Å². The average Bonchev–Trinajstić information content (AvgIpc) is 2.79. The third-order valence-electron chi connectivity index (χ3n) is 8.72. The van der Waals surface area contributed by atoms with Gasteiger partial charge in [0.05, 0.1) is 12.0 Å². The maximum absolute atomic E-state index is 12.2. The minimum absolute atomic E-state index is 0.0274. The summed E-state index contributed by atoms with van der Waals surface area (Å²) in [5.41, 5.74) is 1.17. The first kappa shape index (κ1) is 26.8. The van der Waals surface area contributed by atoms with E-state index in [1.807, 2.05) is 6.92 Å². The molecule has 0 spiro atoms. The van der Waals surface area contributed by atoms with Crippen molar-refractivity contribution in [3.05, 3.63) is 42.0 Å². The van der Waals surface area contributed by atoms with E-state index in [9.17, 15) is 24.9 Å². The molecular weight excluding hydrogens is 444 g/mol. The molecule has 3 rings (SSSR count). The van der Waals surface area contributed by atoms with Crippen LogP contribution in [0.15, 0.2) is 36.4 Å². The third kappa shape index (κ3) is 5.91. The lowest BCUT2D eigenvalue weighted by Gasteiger charge is -2.57. The second kappa shape index (κ2) is 10.9. The molecule has 0 saturated heterocycles. The van der Waals surface area contributed by atoms with Crippen LogP contribution in [-0.4, -0.2) is 33.9 Å². The largest absolute Gasteiger partial charge is 0.504 e. The predicted octanol–water partition coefficient (Wildman–Crippen LogP) is 6.32. The van der Waals surface area contributed by atoms with Gasteiger partial charge in [-0.25, -0.2) is 4.79 Å². The summed E-state index contributed by atoms with van der Waals surface area (Å²) >= 11 is 0. The molecule has 2 fully saturated rings. The zero-order chi connectivity index (χ0) is 25.8. The Morgan fingerprint density at radius 1 is 1.20 bits per heavy atom. The molecule has 2 aliphatic rings. The summed E-state index contributed by atoms with van der Waals surface area (Å²) in [4.78, 5) is 24.2. The topological polar surface area (TPSA) is 104 Å². The van der Waals surface area contributed by atoms with E-state index in [1.54, 1.807) is 6.07 Å². The van der Waals surface area contributed by atoms with Gasteiger partial charge in [0.15, 0.2) is 11.5 Å². The van der Waals surface area contributed by atoms with Crippen molar-refractivity contribution < 1.29 is 29.6 Å². The van der Waals surface area contributed by atoms with Gasteiger partial charge in [-0.05, 0) is 98.8 Å². The fraction of sp³-hybridized carbons (Fsp3) is 0.586. The van der Waals surface area contributed by atoms with Gasteiger partial charge in [0.2, 0.25) is 0 Å². The van der Waals surface area contributed by atoms with Crippen molar-refractivity contribution in [1.82, 2.24) is 0 Å². The van der Waals surface area contributed by atoms with Crippen LogP contribution in [0.5, 0.6) is 11.5 Å². The number of benzene rings is 1. The third-order valence-corrected chi connectivity index (χ3v) is 8.72. The quantitative estimate of drug-likeness (QED) is 0.164. The number of aliphatic carboxylic acids is 1. The Morgan fingerprint density at radius 2 is 1.94 bits per heavy atom. The van der Waals surface area contributed by atoms with Gasteiger partial charge in [-0.1, -0.05) is 38.5 Å². The van der Waals surface area contributed by atoms with Gasteiger partial charge in [-0.3, -0.25) is 4.79 Å². The van der Waals surface area contributed by atoms with Crippen LogP contribution in [0.2, 0.25) is 0 Å². The number of allylic oxidation sites excluding steroid dienone is 1. The highest BCUT2D eigenvalue weighted by Crippen LogP contribution is 2.62. The average molecular weight is 485 g/mol. The molecule has 0 amide bonds. The molecule has 35 heavy (non-hydrogen) atoms. The molecule has 0 bridgehead atoms. The number of carboxylic acids is 1. The number of hydrogen-bond acceptors (Lipinski definition) is 5. The molecule has 2 saturated carbocycles. The molecule has 0 unspecified atom stereocenters. The lowest BCUT2D eigenvalue weighted by molar-refractivity contribution is -0.164. The zero-order valence-corrected chi connectivity index (χ0v) is 21.3. The summed E-state index contributed by atoms with van der Waals surface area (Å²) in [7, 11) is 0. The van der Waals surface area contributed by atoms with Crippen molar-refractivity contribution >= 4 is 18.0 Å². The highest BCUT2D eigenvalue weighted by molar-refractivity contribution is 5.87. The Kier molecular flexibility index (Phi) is 8.34. The maximum atomic E-state index is 12.2. The lowest BCUT2D eigenvalue weighted by atomic mass is 9.46. The van der Waals surface area contributed by atoms with Gasteiger partial charge in [0.1, 0.15) is 0 Å². The van der Waals surface area contributed by atoms with Crippen molar-refractivity contribution in [2.24, 2.45) is 28.6 Å². The Hall–Kier alpha value is -2.76. The van der Waals surface area contributed by atoms with Crippen LogP contribution in [0.3, 0.4) is 0 Å². The fourth-order valence-electron chi connectivity index (χ4n) is 6.55. The fourth-order valence-corrected chi connectivity index (χ4v) is 6.55. The van der Waals surface area contributed by atoms with Crippen LogP contribution >= 0.6 is 0 Å². The molecule has 1 aromatic carbocycles. The van der Waals surface area contributed by atoms with E-state index in [1.165, 1.54) is 29.9 Å². The number of carboxylic acid groups (broad SMARTS) is 1. The van der Waals surface area contributed by atoms with Gasteiger partial charge in [0.25, 0.3) is 0 Å². The second-order valence-corrected chi connectivity index (χ2v) is 11.1. The number of fused-ring (bicyclic) bond motifs is 1. The molecule has 1 aromatic rings. The van der Waals surface area contributed by atoms with Gasteiger partial charge < -0.3 is 20.1 Å². The van der Waals surface area contributed by atoms with Crippen molar-refractivity contribution in [1.29, 1.82) is 0 Å². The van der Waals surface area contributed by atoms with Crippen LogP contribution < -0.4 is 0 Å². The molecular formula is C29H40O6. The standard InChI is InChI=1S/C29H40O6/c1-19(14-17-35-26(32)13-9-21-8-11-23(30)24(31)18-21)6-10-22-20(2)7-12-25-28(22,3)15-5-16-29(25,4)27(33)34/h8-9,11,13,18-19,22,25,30-31H,2,5-7,10,12,14-17H2,1,3-4H3,(H,33,34)/b13-9+/t19-,22+,25-,28-,29-/m0/s1. The number of carbonyl (C=O) groups is 2. The molecule has 0 heterocycles. The first-order chi connectivity index (χ1) is 16.5. The first-order valence-electron chi connectivity index (χ1n) is 12.7. The number of hydrogen-bond donors (Lipinski definition) is 3. The number of phenols is 2. The van der Waals surface area contributed by atoms with E-state index in [0.29, 0.717) is 24.0 Å². The van der Waals surface area contributed by atoms with Crippen molar-refractivity contribution in [3.8, 4) is 11.5 Å². The zero-order valence-electron chi connectivity index (χ0n) is 21.3. The number of rotatable bonds is 9. The van der Waals surface area contributed by atoms with Gasteiger partial charge in [-0.15, -0.1) is 0 Å². The van der Waals surface area contributed by atoms with Gasteiger partial charge in [0, 0.05) is 6.08 Å². The minimum Gasteiger partial charge on any atom is -0.504 e. The summed E-state index contributed by atoms with van der Waals surface area (Å²) in [6.45, 7) is 11.1. The number of ether oxygens (including phenoxy) is 1. The summed E-state index contributed by atoms with van der Waals surface area (Å²) in [6.07, 6.45) is 10.2.